The number of nitrogens with zero attached hydrogens (tertiary/aromatic N) is 2. The van der Waals surface area contributed by atoms with Gasteiger partial charge in [0.2, 0.25) is 17.7 Å². The summed E-state index contributed by atoms with van der Waals surface area (Å²) in [6.45, 7) is 2.15. The van der Waals surface area contributed by atoms with Crippen LogP contribution in [0.25, 0.3) is 0 Å². The molecule has 3 N–H and O–H groups in total. The van der Waals surface area contributed by atoms with Crippen LogP contribution in [0.15, 0.2) is 66.7 Å². The first-order chi connectivity index (χ1) is 20.9. The van der Waals surface area contributed by atoms with Crippen molar-refractivity contribution in [3.05, 3.63) is 100 Å². The fourth-order valence-corrected chi connectivity index (χ4v) is 5.98. The summed E-state index contributed by atoms with van der Waals surface area (Å²) in [5, 5.41) is 8.21. The smallest absolute Gasteiger partial charge is 0.255 e. The van der Waals surface area contributed by atoms with Crippen LogP contribution >= 0.6 is 0 Å². The maximum atomic E-state index is 12.9. The molecular weight excluding hydrogens is 546 g/mol. The van der Waals surface area contributed by atoms with Gasteiger partial charge < -0.3 is 20.4 Å². The molecule has 6 rings (SSSR count). The number of carbonyl (C=O) groups is 5. The van der Waals surface area contributed by atoms with Crippen molar-refractivity contribution in [1.82, 2.24) is 20.9 Å². The highest BCUT2D eigenvalue weighted by Gasteiger charge is 2.39. The first kappa shape index (κ1) is 28.1. The number of piperidine rings is 1. The van der Waals surface area contributed by atoms with Crippen molar-refractivity contribution in [2.24, 2.45) is 0 Å². The van der Waals surface area contributed by atoms with Crippen molar-refractivity contribution in [3.63, 3.8) is 0 Å². The Balaban J connectivity index is 0.984. The average molecular weight is 580 g/mol. The first-order valence-corrected chi connectivity index (χ1v) is 14.6. The molecule has 43 heavy (non-hydrogen) atoms. The third-order valence-electron chi connectivity index (χ3n) is 8.29. The van der Waals surface area contributed by atoms with Crippen molar-refractivity contribution >= 4 is 35.2 Å². The molecule has 10 nitrogen and oxygen atoms in total. The van der Waals surface area contributed by atoms with Crippen LogP contribution in [-0.4, -0.2) is 53.6 Å². The van der Waals surface area contributed by atoms with Crippen LogP contribution in [-0.2, 0) is 40.4 Å². The minimum absolute atomic E-state index is 0.0238. The van der Waals surface area contributed by atoms with Gasteiger partial charge in [-0.3, -0.25) is 29.3 Å². The highest BCUT2D eigenvalue weighted by Crippen LogP contribution is 2.28. The summed E-state index contributed by atoms with van der Waals surface area (Å²) < 4.78 is 0. The number of carbonyl (C=O) groups excluding carboxylic acids is 5. The van der Waals surface area contributed by atoms with E-state index in [0.717, 1.165) is 36.2 Å². The molecule has 1 fully saturated rings. The number of para-hydroxylation sites is 1. The first-order valence-electron chi connectivity index (χ1n) is 14.6. The lowest BCUT2D eigenvalue weighted by Crippen LogP contribution is -2.52. The van der Waals surface area contributed by atoms with Crippen LogP contribution in [0.2, 0.25) is 0 Å². The number of benzene rings is 3. The molecule has 0 spiro atoms. The van der Waals surface area contributed by atoms with E-state index in [1.165, 1.54) is 10.5 Å². The number of imide groups is 1. The molecule has 3 aromatic rings. The molecule has 3 aliphatic heterocycles. The van der Waals surface area contributed by atoms with E-state index >= 15 is 0 Å². The maximum absolute atomic E-state index is 12.9. The maximum Gasteiger partial charge on any atom is 0.255 e. The molecule has 3 heterocycles. The Morgan fingerprint density at radius 1 is 0.860 bits per heavy atom. The Kier molecular flexibility index (Phi) is 7.91. The topological polar surface area (TPSA) is 128 Å². The van der Waals surface area contributed by atoms with Crippen LogP contribution in [0.3, 0.4) is 0 Å². The van der Waals surface area contributed by atoms with E-state index in [1.807, 2.05) is 36.4 Å². The van der Waals surface area contributed by atoms with Gasteiger partial charge in [0, 0.05) is 49.4 Å². The van der Waals surface area contributed by atoms with Crippen LogP contribution in [0, 0.1) is 0 Å². The average Bonchev–Trinajstić information content (AvgIpc) is 3.34. The molecule has 5 amide bonds. The number of nitrogens with one attached hydrogen (secondary N) is 3. The lowest BCUT2D eigenvalue weighted by molar-refractivity contribution is -0.137. The number of amides is 5. The molecule has 0 aliphatic carbocycles. The van der Waals surface area contributed by atoms with E-state index in [1.54, 1.807) is 18.2 Å². The molecule has 3 aromatic carbocycles. The van der Waals surface area contributed by atoms with E-state index in [-0.39, 0.29) is 43.0 Å². The van der Waals surface area contributed by atoms with Gasteiger partial charge in [0.05, 0.1) is 6.54 Å². The second-order valence-corrected chi connectivity index (χ2v) is 11.2. The second-order valence-electron chi connectivity index (χ2n) is 11.2. The quantitative estimate of drug-likeness (QED) is 0.352. The number of anilines is 1. The zero-order valence-corrected chi connectivity index (χ0v) is 23.7. The molecule has 10 heteroatoms. The predicted molar refractivity (Wildman–Crippen MR) is 159 cm³/mol. The number of aryl methyl sites for hydroxylation is 1. The number of fused-ring (bicyclic) bond motifs is 2. The number of hydrogen-bond acceptors (Lipinski definition) is 6. The minimum Gasteiger partial charge on any atom is -0.362 e. The molecule has 0 bridgehead atoms. The summed E-state index contributed by atoms with van der Waals surface area (Å²) >= 11 is 0. The SMILES string of the molecule is O=C(CN1CCCc2ccccc21)NCc1ccc(CNC(=O)c2ccc3c(c2)CN(C2CCC(=O)NC2=O)C3=O)cc1. The zero-order valence-electron chi connectivity index (χ0n) is 23.7. The number of hydrogen-bond donors (Lipinski definition) is 3. The summed E-state index contributed by atoms with van der Waals surface area (Å²) in [7, 11) is 0. The zero-order chi connectivity index (χ0) is 29.9. The van der Waals surface area contributed by atoms with E-state index in [9.17, 15) is 24.0 Å². The van der Waals surface area contributed by atoms with Crippen molar-refractivity contribution < 1.29 is 24.0 Å². The van der Waals surface area contributed by atoms with Crippen molar-refractivity contribution in [3.8, 4) is 0 Å². The Labute approximate surface area is 249 Å². The fourth-order valence-electron chi connectivity index (χ4n) is 5.98. The number of rotatable bonds is 8. The molecule has 3 aliphatic rings. The molecule has 220 valence electrons. The van der Waals surface area contributed by atoms with Crippen molar-refractivity contribution in [2.75, 3.05) is 18.0 Å². The largest absolute Gasteiger partial charge is 0.362 e. The molecular formula is C33H33N5O5. The fraction of sp³-hybridized carbons (Fsp3) is 0.303. The Morgan fingerprint density at radius 2 is 1.60 bits per heavy atom. The van der Waals surface area contributed by atoms with Gasteiger partial charge in [-0.05, 0) is 65.8 Å². The highest BCUT2D eigenvalue weighted by molar-refractivity contribution is 6.06. The Morgan fingerprint density at radius 3 is 2.37 bits per heavy atom. The lowest BCUT2D eigenvalue weighted by atomic mass is 10.0. The van der Waals surface area contributed by atoms with Gasteiger partial charge in [-0.15, -0.1) is 0 Å². The minimum atomic E-state index is -0.696. The highest BCUT2D eigenvalue weighted by atomic mass is 16.2. The van der Waals surface area contributed by atoms with E-state index in [4.69, 9.17) is 0 Å². The molecule has 1 atom stereocenters. The third kappa shape index (κ3) is 6.13. The predicted octanol–water partition coefficient (Wildman–Crippen LogP) is 2.45. The summed E-state index contributed by atoms with van der Waals surface area (Å²) in [6.07, 6.45) is 2.56. The monoisotopic (exact) mass is 579 g/mol. The normalized spacial score (nSPS) is 17.7. The summed E-state index contributed by atoms with van der Waals surface area (Å²) in [4.78, 5) is 65.8. The van der Waals surface area contributed by atoms with Gasteiger partial charge in [0.15, 0.2) is 0 Å². The van der Waals surface area contributed by atoms with Gasteiger partial charge in [-0.1, -0.05) is 42.5 Å². The second kappa shape index (κ2) is 12.1. The Hall–Kier alpha value is -4.99. The van der Waals surface area contributed by atoms with Crippen LogP contribution < -0.4 is 20.9 Å². The summed E-state index contributed by atoms with van der Waals surface area (Å²) in [5.41, 5.74) is 5.86. The van der Waals surface area contributed by atoms with Crippen molar-refractivity contribution in [2.45, 2.75) is 51.4 Å². The van der Waals surface area contributed by atoms with Gasteiger partial charge >= 0.3 is 0 Å². The lowest BCUT2D eigenvalue weighted by Gasteiger charge is -2.30. The van der Waals surface area contributed by atoms with Crippen molar-refractivity contribution in [1.29, 1.82) is 0 Å². The van der Waals surface area contributed by atoms with Crippen LogP contribution in [0.4, 0.5) is 5.69 Å². The van der Waals surface area contributed by atoms with E-state index < -0.39 is 11.9 Å². The van der Waals surface area contributed by atoms with Gasteiger partial charge in [0.1, 0.15) is 6.04 Å². The molecule has 0 aromatic heterocycles. The summed E-state index contributed by atoms with van der Waals surface area (Å²) in [6, 6.07) is 20.1. The summed E-state index contributed by atoms with van der Waals surface area (Å²) in [5.74, 6) is -1.37. The van der Waals surface area contributed by atoms with E-state index in [0.29, 0.717) is 36.3 Å². The van der Waals surface area contributed by atoms with Gasteiger partial charge in [0.25, 0.3) is 11.8 Å². The molecule has 1 unspecified atom stereocenters. The third-order valence-corrected chi connectivity index (χ3v) is 8.29. The molecule has 1 saturated heterocycles. The Bertz CT molecular complexity index is 1600. The van der Waals surface area contributed by atoms with Crippen LogP contribution in [0.5, 0.6) is 0 Å². The molecule has 0 radical (unpaired) electrons. The molecule has 0 saturated carbocycles. The van der Waals surface area contributed by atoms with E-state index in [2.05, 4.69) is 33.0 Å². The van der Waals surface area contributed by atoms with Gasteiger partial charge in [-0.2, -0.15) is 0 Å². The van der Waals surface area contributed by atoms with Gasteiger partial charge in [-0.25, -0.2) is 0 Å². The van der Waals surface area contributed by atoms with Crippen LogP contribution in [0.1, 0.15) is 62.2 Å². The standard InChI is InChI=1S/C33H33N5O5/c39-29-14-13-28(32(42)36-29)38-19-25-16-24(11-12-26(25)33(38)43)31(41)35-18-22-9-7-21(8-10-22)17-34-30(40)20-37-15-3-5-23-4-1-2-6-27(23)37/h1-2,4,6-12,16,28H,3,5,13-15,17-20H2,(H,34,40)(H,35,41)(H,36,39,42).